The number of hydrogen-bond acceptors (Lipinski definition) is 4. The molecule has 0 heterocycles. The molecular formula is C30H31Cl4N3O4S. The Morgan fingerprint density at radius 1 is 0.881 bits per heavy atom. The minimum absolute atomic E-state index is 0.0164. The normalized spacial score (nSPS) is 14.7. The lowest BCUT2D eigenvalue weighted by Crippen LogP contribution is -2.53. The van der Waals surface area contributed by atoms with Gasteiger partial charge in [-0.25, -0.2) is 8.42 Å². The topological polar surface area (TPSA) is 86.8 Å². The predicted molar refractivity (Wildman–Crippen MR) is 169 cm³/mol. The highest BCUT2D eigenvalue weighted by Gasteiger charge is 2.34. The molecule has 224 valence electrons. The van der Waals surface area contributed by atoms with Crippen LogP contribution in [-0.2, 0) is 26.2 Å². The fraction of sp³-hybridized carbons (Fsp3) is 0.333. The van der Waals surface area contributed by atoms with E-state index in [-0.39, 0.29) is 39.1 Å². The lowest BCUT2D eigenvalue weighted by Gasteiger charge is -2.33. The van der Waals surface area contributed by atoms with Gasteiger partial charge in [0, 0.05) is 12.6 Å². The number of carbonyl (C=O) groups is 2. The highest BCUT2D eigenvalue weighted by Crippen LogP contribution is 2.35. The summed E-state index contributed by atoms with van der Waals surface area (Å²) >= 11 is 25.1. The first-order chi connectivity index (χ1) is 20.0. The average molecular weight is 671 g/mol. The van der Waals surface area contributed by atoms with Crippen molar-refractivity contribution in [2.75, 3.05) is 10.8 Å². The molecule has 0 spiro atoms. The summed E-state index contributed by atoms with van der Waals surface area (Å²) in [7, 11) is -4.27. The van der Waals surface area contributed by atoms with Gasteiger partial charge in [0.25, 0.3) is 10.0 Å². The molecule has 0 aliphatic heterocycles. The second kappa shape index (κ2) is 14.3. The fourth-order valence-electron chi connectivity index (χ4n) is 4.90. The van der Waals surface area contributed by atoms with E-state index in [0.29, 0.717) is 15.6 Å². The summed E-state index contributed by atoms with van der Waals surface area (Å²) in [4.78, 5) is 28.8. The van der Waals surface area contributed by atoms with Crippen LogP contribution in [0.25, 0.3) is 0 Å². The van der Waals surface area contributed by atoms with E-state index in [2.05, 4.69) is 5.32 Å². The molecule has 1 fully saturated rings. The number of sulfonamides is 1. The van der Waals surface area contributed by atoms with Gasteiger partial charge in [0.1, 0.15) is 12.6 Å². The van der Waals surface area contributed by atoms with Gasteiger partial charge >= 0.3 is 0 Å². The number of carbonyl (C=O) groups excluding carboxylic acids is 2. The number of nitrogens with one attached hydrogen (secondary N) is 1. The van der Waals surface area contributed by atoms with Gasteiger partial charge in [-0.1, -0.05) is 96.0 Å². The van der Waals surface area contributed by atoms with E-state index in [1.54, 1.807) is 49.4 Å². The zero-order valence-electron chi connectivity index (χ0n) is 22.9. The zero-order valence-corrected chi connectivity index (χ0v) is 26.7. The van der Waals surface area contributed by atoms with Crippen molar-refractivity contribution in [1.82, 2.24) is 10.2 Å². The second-order valence-corrected chi connectivity index (χ2v) is 13.6. The van der Waals surface area contributed by atoms with E-state index < -0.39 is 28.5 Å². The first kappa shape index (κ1) is 32.4. The van der Waals surface area contributed by atoms with Crippen LogP contribution in [0.1, 0.15) is 44.6 Å². The average Bonchev–Trinajstić information content (AvgIpc) is 2.98. The summed E-state index contributed by atoms with van der Waals surface area (Å²) in [6.45, 7) is 0.965. The zero-order chi connectivity index (χ0) is 30.4. The molecule has 3 aromatic carbocycles. The number of benzene rings is 3. The van der Waals surface area contributed by atoms with Crippen molar-refractivity contribution in [2.45, 2.75) is 62.6 Å². The van der Waals surface area contributed by atoms with Crippen molar-refractivity contribution in [3.8, 4) is 0 Å². The van der Waals surface area contributed by atoms with Gasteiger partial charge in [0.15, 0.2) is 0 Å². The Kier molecular flexibility index (Phi) is 11.1. The van der Waals surface area contributed by atoms with Crippen LogP contribution in [0.5, 0.6) is 0 Å². The molecule has 1 aliphatic carbocycles. The molecule has 0 bridgehead atoms. The third-order valence-electron chi connectivity index (χ3n) is 7.27. The molecule has 0 radical (unpaired) electrons. The Hall–Kier alpha value is -2.49. The largest absolute Gasteiger partial charge is 0.352 e. The molecule has 0 unspecified atom stereocenters. The Morgan fingerprint density at radius 3 is 2.24 bits per heavy atom. The van der Waals surface area contributed by atoms with Gasteiger partial charge in [-0.2, -0.15) is 0 Å². The monoisotopic (exact) mass is 669 g/mol. The molecule has 2 amide bonds. The third kappa shape index (κ3) is 7.71. The summed E-state index contributed by atoms with van der Waals surface area (Å²) in [6, 6.07) is 16.3. The molecule has 42 heavy (non-hydrogen) atoms. The Morgan fingerprint density at radius 2 is 1.57 bits per heavy atom. The van der Waals surface area contributed by atoms with E-state index >= 15 is 0 Å². The summed E-state index contributed by atoms with van der Waals surface area (Å²) in [5.74, 6) is -0.948. The van der Waals surface area contributed by atoms with Gasteiger partial charge < -0.3 is 10.2 Å². The van der Waals surface area contributed by atoms with Crippen molar-refractivity contribution in [3.05, 3.63) is 92.4 Å². The van der Waals surface area contributed by atoms with Crippen molar-refractivity contribution >= 4 is 73.9 Å². The highest BCUT2D eigenvalue weighted by molar-refractivity contribution is 7.92. The molecule has 4 rings (SSSR count). The van der Waals surface area contributed by atoms with Crippen LogP contribution in [0.4, 0.5) is 5.69 Å². The number of hydrogen-bond donors (Lipinski definition) is 1. The SMILES string of the molecule is C[C@H](C(=O)NC1CCCCC1)N(Cc1ccc(Cl)c(Cl)c1)C(=O)CN(c1cccc(Cl)c1Cl)S(=O)(=O)c1ccccc1. The lowest BCUT2D eigenvalue weighted by molar-refractivity contribution is -0.139. The molecule has 3 aromatic rings. The number of rotatable bonds is 10. The summed E-state index contributed by atoms with van der Waals surface area (Å²) < 4.78 is 28.7. The van der Waals surface area contributed by atoms with Crippen molar-refractivity contribution < 1.29 is 18.0 Å². The molecule has 0 aromatic heterocycles. The van der Waals surface area contributed by atoms with Crippen LogP contribution in [0.15, 0.2) is 71.6 Å². The maximum Gasteiger partial charge on any atom is 0.264 e. The predicted octanol–water partition coefficient (Wildman–Crippen LogP) is 7.36. The molecule has 7 nitrogen and oxygen atoms in total. The smallest absolute Gasteiger partial charge is 0.264 e. The molecule has 1 aliphatic rings. The van der Waals surface area contributed by atoms with Gasteiger partial charge in [0.2, 0.25) is 11.8 Å². The number of anilines is 1. The molecule has 1 saturated carbocycles. The van der Waals surface area contributed by atoms with Crippen LogP contribution in [0.3, 0.4) is 0 Å². The molecule has 1 atom stereocenters. The number of nitrogens with zero attached hydrogens (tertiary/aromatic N) is 2. The maximum absolute atomic E-state index is 14.1. The molecule has 12 heteroatoms. The maximum atomic E-state index is 14.1. The Bertz CT molecular complexity index is 1530. The van der Waals surface area contributed by atoms with Crippen molar-refractivity contribution in [3.63, 3.8) is 0 Å². The van der Waals surface area contributed by atoms with E-state index in [1.165, 1.54) is 29.2 Å². The number of amides is 2. The molecule has 1 N–H and O–H groups in total. The second-order valence-electron chi connectivity index (χ2n) is 10.2. The lowest BCUT2D eigenvalue weighted by atomic mass is 9.95. The minimum Gasteiger partial charge on any atom is -0.352 e. The summed E-state index contributed by atoms with van der Waals surface area (Å²) in [6.07, 6.45) is 4.92. The van der Waals surface area contributed by atoms with Crippen molar-refractivity contribution in [2.24, 2.45) is 0 Å². The van der Waals surface area contributed by atoms with Gasteiger partial charge in [-0.15, -0.1) is 0 Å². The van der Waals surface area contributed by atoms with Crippen LogP contribution >= 0.6 is 46.4 Å². The number of halogens is 4. The molecular weight excluding hydrogens is 640 g/mol. The van der Waals surface area contributed by atoms with Gasteiger partial charge in [-0.05, 0) is 61.7 Å². The molecule has 0 saturated heterocycles. The summed E-state index contributed by atoms with van der Waals surface area (Å²) in [5, 5.41) is 3.81. The third-order valence-corrected chi connectivity index (χ3v) is 10.6. The standard InChI is InChI=1S/C30H31Cl4N3O4S/c1-20(30(39)35-22-9-4-2-5-10-22)36(18-21-15-16-24(31)26(33)17-21)28(38)19-37(27-14-8-13-25(32)29(27)34)42(40,41)23-11-6-3-7-12-23/h3,6-8,11-17,20,22H,2,4-5,9-10,18-19H2,1H3,(H,35,39)/t20-/m1/s1. The Balaban J connectivity index is 1.71. The van der Waals surface area contributed by atoms with Gasteiger partial charge in [0.05, 0.1) is 30.7 Å². The van der Waals surface area contributed by atoms with E-state index in [1.807, 2.05) is 0 Å². The minimum atomic E-state index is -4.27. The van der Waals surface area contributed by atoms with Crippen LogP contribution in [0, 0.1) is 0 Å². The quantitative estimate of drug-likeness (QED) is 0.244. The summed E-state index contributed by atoms with van der Waals surface area (Å²) in [5.41, 5.74) is 0.656. The van der Waals surface area contributed by atoms with E-state index in [9.17, 15) is 18.0 Å². The fourth-order valence-corrected chi connectivity index (χ4v) is 7.12. The Labute approximate surface area is 266 Å². The first-order valence-corrected chi connectivity index (χ1v) is 16.5. The van der Waals surface area contributed by atoms with Crippen molar-refractivity contribution in [1.29, 1.82) is 0 Å². The van der Waals surface area contributed by atoms with Gasteiger partial charge in [-0.3, -0.25) is 13.9 Å². The first-order valence-electron chi connectivity index (χ1n) is 13.5. The van der Waals surface area contributed by atoms with Crippen LogP contribution in [-0.4, -0.2) is 43.8 Å². The van der Waals surface area contributed by atoms with Crippen LogP contribution in [0.2, 0.25) is 20.1 Å². The van der Waals surface area contributed by atoms with E-state index in [4.69, 9.17) is 46.4 Å². The van der Waals surface area contributed by atoms with E-state index in [0.717, 1.165) is 36.4 Å². The van der Waals surface area contributed by atoms with Crippen LogP contribution < -0.4 is 9.62 Å². The highest BCUT2D eigenvalue weighted by atomic mass is 35.5.